The van der Waals surface area contributed by atoms with Gasteiger partial charge in [0, 0.05) is 6.42 Å². The number of urea groups is 1. The van der Waals surface area contributed by atoms with Crippen LogP contribution >= 0.6 is 0 Å². The van der Waals surface area contributed by atoms with Gasteiger partial charge in [0.25, 0.3) is 0 Å². The van der Waals surface area contributed by atoms with Crippen LogP contribution in [0.1, 0.15) is 17.8 Å². The summed E-state index contributed by atoms with van der Waals surface area (Å²) in [6.07, 6.45) is 3.08. The molecule has 0 saturated heterocycles. The molecular weight excluding hydrogens is 273 g/mol. The first-order valence-corrected chi connectivity index (χ1v) is 6.83. The molecule has 1 aromatic heterocycles. The third-order valence-electron chi connectivity index (χ3n) is 3.58. The Bertz CT molecular complexity index is 669. The van der Waals surface area contributed by atoms with Crippen LogP contribution in [0.2, 0.25) is 0 Å². The van der Waals surface area contributed by atoms with Gasteiger partial charge in [-0.25, -0.2) is 18.9 Å². The number of halogens is 1. The normalized spacial score (nSPS) is 17.1. The maximum atomic E-state index is 13.8. The molecule has 2 heterocycles. The van der Waals surface area contributed by atoms with E-state index in [1.807, 2.05) is 0 Å². The second kappa shape index (κ2) is 5.51. The zero-order valence-electron chi connectivity index (χ0n) is 11.6. The van der Waals surface area contributed by atoms with E-state index in [1.165, 1.54) is 12.4 Å². The van der Waals surface area contributed by atoms with Crippen molar-refractivity contribution in [2.45, 2.75) is 32.4 Å². The maximum absolute atomic E-state index is 13.8. The molecular formula is C14H16FN5O. The smallest absolute Gasteiger partial charge is 0.319 e. The van der Waals surface area contributed by atoms with E-state index in [2.05, 4.69) is 20.7 Å². The first-order chi connectivity index (χ1) is 10.1. The Balaban J connectivity index is 1.61. The fourth-order valence-corrected chi connectivity index (χ4v) is 2.44. The van der Waals surface area contributed by atoms with E-state index in [0.29, 0.717) is 12.1 Å². The second-order valence-corrected chi connectivity index (χ2v) is 5.13. The van der Waals surface area contributed by atoms with Crippen molar-refractivity contribution < 1.29 is 9.18 Å². The van der Waals surface area contributed by atoms with Crippen molar-refractivity contribution in [3.63, 3.8) is 0 Å². The van der Waals surface area contributed by atoms with Gasteiger partial charge < -0.3 is 10.6 Å². The number of rotatable bonds is 2. The standard InChI is InChI=1S/C14H16FN5O/c1-9-3-2-4-11(13(9)15)19-14(21)18-10-5-6-12-16-8-17-20(12)7-10/h2-4,8,10H,5-7H2,1H3,(H2,18,19,21). The molecule has 0 bridgehead atoms. The Hall–Kier alpha value is -2.44. The van der Waals surface area contributed by atoms with Gasteiger partial charge in [-0.2, -0.15) is 5.10 Å². The highest BCUT2D eigenvalue weighted by Crippen LogP contribution is 2.17. The van der Waals surface area contributed by atoms with Gasteiger partial charge in [0.2, 0.25) is 0 Å². The van der Waals surface area contributed by atoms with Crippen molar-refractivity contribution in [2.24, 2.45) is 0 Å². The Morgan fingerprint density at radius 3 is 3.19 bits per heavy atom. The van der Waals surface area contributed by atoms with E-state index in [4.69, 9.17) is 0 Å². The maximum Gasteiger partial charge on any atom is 0.319 e. The van der Waals surface area contributed by atoms with Crippen LogP contribution in [-0.2, 0) is 13.0 Å². The monoisotopic (exact) mass is 289 g/mol. The minimum atomic E-state index is -0.409. The van der Waals surface area contributed by atoms with E-state index >= 15 is 0 Å². The third kappa shape index (κ3) is 2.86. The summed E-state index contributed by atoms with van der Waals surface area (Å²) in [6.45, 7) is 2.24. The molecule has 0 saturated carbocycles. The number of nitrogens with one attached hydrogen (secondary N) is 2. The van der Waals surface area contributed by atoms with Crippen LogP contribution in [-0.4, -0.2) is 26.8 Å². The van der Waals surface area contributed by atoms with Crippen molar-refractivity contribution in [2.75, 3.05) is 5.32 Å². The molecule has 1 aliphatic rings. The Labute approximate surface area is 121 Å². The summed E-state index contributed by atoms with van der Waals surface area (Å²) in [5, 5.41) is 9.48. The molecule has 6 nitrogen and oxygen atoms in total. The van der Waals surface area contributed by atoms with Crippen LogP contribution in [0, 0.1) is 12.7 Å². The highest BCUT2D eigenvalue weighted by atomic mass is 19.1. The van der Waals surface area contributed by atoms with Crippen molar-refractivity contribution in [3.8, 4) is 0 Å². The molecule has 0 fully saturated rings. The molecule has 110 valence electrons. The summed E-state index contributed by atoms with van der Waals surface area (Å²) >= 11 is 0. The summed E-state index contributed by atoms with van der Waals surface area (Å²) in [7, 11) is 0. The van der Waals surface area contributed by atoms with Gasteiger partial charge in [-0.15, -0.1) is 0 Å². The number of amides is 2. The summed E-state index contributed by atoms with van der Waals surface area (Å²) in [5.41, 5.74) is 0.683. The highest BCUT2D eigenvalue weighted by Gasteiger charge is 2.21. The van der Waals surface area contributed by atoms with Crippen LogP contribution in [0.15, 0.2) is 24.5 Å². The SMILES string of the molecule is Cc1cccc(NC(=O)NC2CCc3ncnn3C2)c1F. The molecule has 21 heavy (non-hydrogen) atoms. The van der Waals surface area contributed by atoms with Crippen LogP contribution in [0.3, 0.4) is 0 Å². The lowest BCUT2D eigenvalue weighted by atomic mass is 10.1. The third-order valence-corrected chi connectivity index (χ3v) is 3.58. The van der Waals surface area contributed by atoms with Gasteiger partial charge >= 0.3 is 6.03 Å². The largest absolute Gasteiger partial charge is 0.333 e. The first-order valence-electron chi connectivity index (χ1n) is 6.83. The Kier molecular flexibility index (Phi) is 3.55. The quantitative estimate of drug-likeness (QED) is 0.886. The number of nitrogens with zero attached hydrogens (tertiary/aromatic N) is 3. The number of aryl methyl sites for hydroxylation is 2. The Morgan fingerprint density at radius 2 is 2.33 bits per heavy atom. The summed E-state index contributed by atoms with van der Waals surface area (Å²) < 4.78 is 15.6. The fourth-order valence-electron chi connectivity index (χ4n) is 2.44. The summed E-state index contributed by atoms with van der Waals surface area (Å²) in [6, 6.07) is 4.46. The minimum absolute atomic E-state index is 0.0351. The molecule has 1 unspecified atom stereocenters. The zero-order chi connectivity index (χ0) is 14.8. The average Bonchev–Trinajstić information content (AvgIpc) is 2.91. The number of anilines is 1. The highest BCUT2D eigenvalue weighted by molar-refractivity contribution is 5.89. The minimum Gasteiger partial charge on any atom is -0.333 e. The number of aromatic nitrogens is 3. The number of hydrogen-bond donors (Lipinski definition) is 2. The first kappa shape index (κ1) is 13.5. The lowest BCUT2D eigenvalue weighted by Crippen LogP contribution is -2.43. The van der Waals surface area contributed by atoms with E-state index in [0.717, 1.165) is 18.7 Å². The van der Waals surface area contributed by atoms with E-state index in [-0.39, 0.29) is 11.7 Å². The van der Waals surface area contributed by atoms with Crippen LogP contribution in [0.4, 0.5) is 14.9 Å². The molecule has 2 amide bonds. The molecule has 1 aromatic carbocycles. The van der Waals surface area contributed by atoms with Gasteiger partial charge in [-0.1, -0.05) is 12.1 Å². The molecule has 0 spiro atoms. The topological polar surface area (TPSA) is 71.8 Å². The molecule has 2 aromatic rings. The lowest BCUT2D eigenvalue weighted by Gasteiger charge is -2.23. The molecule has 7 heteroatoms. The van der Waals surface area contributed by atoms with Gasteiger partial charge in [0.15, 0.2) is 0 Å². The van der Waals surface area contributed by atoms with E-state index in [1.54, 1.807) is 23.7 Å². The van der Waals surface area contributed by atoms with Crippen LogP contribution < -0.4 is 10.6 Å². The van der Waals surface area contributed by atoms with Crippen molar-refractivity contribution in [1.82, 2.24) is 20.1 Å². The predicted octanol–water partition coefficient (Wildman–Crippen LogP) is 1.86. The molecule has 2 N–H and O–H groups in total. The molecule has 0 aliphatic carbocycles. The van der Waals surface area contributed by atoms with E-state index in [9.17, 15) is 9.18 Å². The molecule has 1 aliphatic heterocycles. The van der Waals surface area contributed by atoms with Gasteiger partial charge in [0.1, 0.15) is 18.0 Å². The van der Waals surface area contributed by atoms with Gasteiger partial charge in [0.05, 0.1) is 18.3 Å². The number of hydrogen-bond acceptors (Lipinski definition) is 3. The molecule has 3 rings (SSSR count). The van der Waals surface area contributed by atoms with Gasteiger partial charge in [-0.05, 0) is 25.0 Å². The van der Waals surface area contributed by atoms with Gasteiger partial charge in [-0.3, -0.25) is 0 Å². The number of benzene rings is 1. The van der Waals surface area contributed by atoms with Crippen molar-refractivity contribution in [3.05, 3.63) is 41.7 Å². The lowest BCUT2D eigenvalue weighted by molar-refractivity contribution is 0.243. The zero-order valence-corrected chi connectivity index (χ0v) is 11.6. The summed E-state index contributed by atoms with van der Waals surface area (Å²) in [4.78, 5) is 16.1. The van der Waals surface area contributed by atoms with Crippen LogP contribution in [0.25, 0.3) is 0 Å². The van der Waals surface area contributed by atoms with Crippen molar-refractivity contribution in [1.29, 1.82) is 0 Å². The summed E-state index contributed by atoms with van der Waals surface area (Å²) in [5.74, 6) is 0.521. The predicted molar refractivity (Wildman–Crippen MR) is 75.4 cm³/mol. The fraction of sp³-hybridized carbons (Fsp3) is 0.357. The Morgan fingerprint density at radius 1 is 1.48 bits per heavy atom. The molecule has 1 atom stereocenters. The number of fused-ring (bicyclic) bond motifs is 1. The van der Waals surface area contributed by atoms with Crippen molar-refractivity contribution >= 4 is 11.7 Å². The number of carbonyl (C=O) groups excluding carboxylic acids is 1. The average molecular weight is 289 g/mol. The number of carbonyl (C=O) groups is 1. The van der Waals surface area contributed by atoms with Crippen LogP contribution in [0.5, 0.6) is 0 Å². The second-order valence-electron chi connectivity index (χ2n) is 5.13. The van der Waals surface area contributed by atoms with E-state index < -0.39 is 11.8 Å². The molecule has 0 radical (unpaired) electrons.